The van der Waals surface area contributed by atoms with Crippen molar-refractivity contribution in [2.45, 2.75) is 27.7 Å². The van der Waals surface area contributed by atoms with E-state index in [0.717, 1.165) is 89.2 Å². The minimum absolute atomic E-state index is 0. The van der Waals surface area contributed by atoms with Crippen LogP contribution in [0.3, 0.4) is 0 Å². The van der Waals surface area contributed by atoms with Crippen LogP contribution in [-0.4, -0.2) is 19.1 Å². The molecule has 0 amide bonds. The maximum atomic E-state index is 4.78. The molecule has 0 unspecified atom stereocenters. The quantitative estimate of drug-likeness (QED) is 0.169. The molecular formula is C46H36N6Zn. The van der Waals surface area contributed by atoms with E-state index in [1.807, 2.05) is 50.5 Å². The van der Waals surface area contributed by atoms with Gasteiger partial charge in [0.1, 0.15) is 0 Å². The van der Waals surface area contributed by atoms with Crippen LogP contribution >= 0.6 is 0 Å². The molecule has 0 N–H and O–H groups in total. The number of hydrogen-bond donors (Lipinski definition) is 0. The van der Waals surface area contributed by atoms with Crippen molar-refractivity contribution < 1.29 is 19.5 Å². The average Bonchev–Trinajstić information content (AvgIpc) is 3.91. The van der Waals surface area contributed by atoms with E-state index >= 15 is 0 Å². The number of hydrogen-bond acceptors (Lipinski definition) is 2. The number of fused-ring (bicyclic) bond motifs is 6. The molecule has 6 nitrogen and oxygen atoms in total. The van der Waals surface area contributed by atoms with Gasteiger partial charge in [0.15, 0.2) is 0 Å². The van der Waals surface area contributed by atoms with Gasteiger partial charge in [-0.2, -0.15) is 11.4 Å². The van der Waals surface area contributed by atoms with Gasteiger partial charge in [0.05, 0.1) is 33.1 Å². The van der Waals surface area contributed by atoms with Crippen molar-refractivity contribution in [2.24, 2.45) is 0 Å². The molecule has 0 aliphatic heterocycles. The van der Waals surface area contributed by atoms with E-state index in [1.54, 1.807) is 0 Å². The largest absolute Gasteiger partial charge is 2.00 e. The van der Waals surface area contributed by atoms with Gasteiger partial charge in [-0.1, -0.05) is 97.8 Å². The van der Waals surface area contributed by atoms with E-state index in [2.05, 4.69) is 132 Å². The summed E-state index contributed by atoms with van der Waals surface area (Å²) in [7, 11) is 0. The summed E-state index contributed by atoms with van der Waals surface area (Å²) < 4.78 is 4.57. The van der Waals surface area contributed by atoms with Crippen molar-refractivity contribution in [3.63, 3.8) is 0 Å². The minimum Gasteiger partial charge on any atom is -0.661 e. The summed E-state index contributed by atoms with van der Waals surface area (Å²) in [5.74, 6) is 0. The van der Waals surface area contributed by atoms with Gasteiger partial charge < -0.3 is 19.1 Å². The first-order chi connectivity index (χ1) is 25.5. The molecule has 0 radical (unpaired) electrons. The number of aryl methyl sites for hydroxylation is 4. The zero-order valence-corrected chi connectivity index (χ0v) is 33.2. The minimum atomic E-state index is 0. The second-order valence-corrected chi connectivity index (χ2v) is 13.3. The summed E-state index contributed by atoms with van der Waals surface area (Å²) in [6, 6.07) is 46.3. The number of aromatic nitrogens is 6. The fourth-order valence-electron chi connectivity index (χ4n) is 7.76. The number of pyridine rings is 2. The second kappa shape index (κ2) is 13.8. The molecule has 0 spiro atoms. The van der Waals surface area contributed by atoms with Crippen LogP contribution in [0, 0.1) is 27.7 Å². The van der Waals surface area contributed by atoms with Crippen LogP contribution in [0.5, 0.6) is 0 Å². The first-order valence-corrected chi connectivity index (χ1v) is 17.6. The van der Waals surface area contributed by atoms with E-state index in [4.69, 9.17) is 19.9 Å². The Bertz CT molecular complexity index is 2690. The molecule has 0 aliphatic rings. The van der Waals surface area contributed by atoms with Crippen molar-refractivity contribution in [3.8, 4) is 33.9 Å². The van der Waals surface area contributed by atoms with Crippen LogP contribution in [0.1, 0.15) is 22.5 Å². The van der Waals surface area contributed by atoms with E-state index in [-0.39, 0.29) is 19.5 Å². The van der Waals surface area contributed by atoms with Gasteiger partial charge in [0, 0.05) is 34.5 Å². The first-order valence-electron chi connectivity index (χ1n) is 17.6. The Morgan fingerprint density at radius 3 is 1.21 bits per heavy atom. The molecule has 6 aromatic heterocycles. The summed E-state index contributed by atoms with van der Waals surface area (Å²) in [6.07, 6.45) is 3.73. The maximum absolute atomic E-state index is 4.78. The molecule has 6 heterocycles. The molecule has 10 aromatic rings. The average molecular weight is 738 g/mol. The third-order valence-corrected chi connectivity index (χ3v) is 9.81. The van der Waals surface area contributed by atoms with Gasteiger partial charge in [0.25, 0.3) is 0 Å². The SMILES string of the molecule is Cc1cc(C)c(-c2cccc3c2c2ncccc2n3-c2ccccc2)[n-]1.Cc1cc(C)c(-c2cccc3c2c2ncccc2n3-c2ccccc2)[n-]1.[Zn+2]. The Balaban J connectivity index is 0.000000148. The Kier molecular flexibility index (Phi) is 8.89. The third kappa shape index (κ3) is 5.78. The van der Waals surface area contributed by atoms with Crippen molar-refractivity contribution in [2.75, 3.05) is 0 Å². The summed E-state index contributed by atoms with van der Waals surface area (Å²) in [6.45, 7) is 8.33. The Hall–Kier alpha value is -6.04. The molecule has 0 saturated carbocycles. The molecule has 252 valence electrons. The summed E-state index contributed by atoms with van der Waals surface area (Å²) in [4.78, 5) is 19.0. The van der Waals surface area contributed by atoms with E-state index in [9.17, 15) is 0 Å². The van der Waals surface area contributed by atoms with Gasteiger partial charge in [-0.05, 0) is 85.6 Å². The predicted octanol–water partition coefficient (Wildman–Crippen LogP) is 10.8. The molecule has 0 bridgehead atoms. The van der Waals surface area contributed by atoms with Crippen molar-refractivity contribution in [3.05, 3.63) is 168 Å². The first kappa shape index (κ1) is 34.1. The monoisotopic (exact) mass is 736 g/mol. The smallest absolute Gasteiger partial charge is 0.661 e. The van der Waals surface area contributed by atoms with Gasteiger partial charge in [-0.3, -0.25) is 9.97 Å². The van der Waals surface area contributed by atoms with Crippen LogP contribution in [0.25, 0.3) is 77.8 Å². The Morgan fingerprint density at radius 2 is 0.830 bits per heavy atom. The van der Waals surface area contributed by atoms with E-state index in [1.165, 1.54) is 11.1 Å². The fourth-order valence-corrected chi connectivity index (χ4v) is 7.76. The molecule has 4 aromatic carbocycles. The Morgan fingerprint density at radius 1 is 0.434 bits per heavy atom. The van der Waals surface area contributed by atoms with Crippen LogP contribution in [0.15, 0.2) is 146 Å². The van der Waals surface area contributed by atoms with Gasteiger partial charge in [-0.15, -0.1) is 11.4 Å². The maximum Gasteiger partial charge on any atom is 2.00 e. The molecule has 0 atom stereocenters. The molecule has 53 heavy (non-hydrogen) atoms. The van der Waals surface area contributed by atoms with Crippen LogP contribution in [-0.2, 0) is 19.5 Å². The molecule has 0 saturated heterocycles. The zero-order valence-electron chi connectivity index (χ0n) is 30.2. The third-order valence-electron chi connectivity index (χ3n) is 9.81. The topological polar surface area (TPSA) is 63.8 Å². The zero-order chi connectivity index (χ0) is 35.3. The Labute approximate surface area is 320 Å². The van der Waals surface area contributed by atoms with Crippen LogP contribution in [0.2, 0.25) is 0 Å². The molecule has 7 heteroatoms. The summed E-state index contributed by atoms with van der Waals surface area (Å²) >= 11 is 0. The number of benzene rings is 4. The number of nitrogens with zero attached hydrogens (tertiary/aromatic N) is 6. The number of para-hydroxylation sites is 2. The van der Waals surface area contributed by atoms with E-state index in [0.29, 0.717) is 0 Å². The normalized spacial score (nSPS) is 11.2. The van der Waals surface area contributed by atoms with Crippen molar-refractivity contribution in [1.82, 2.24) is 29.1 Å². The summed E-state index contributed by atoms with van der Waals surface area (Å²) in [5, 5.41) is 2.32. The van der Waals surface area contributed by atoms with Crippen molar-refractivity contribution >= 4 is 43.9 Å². The summed E-state index contributed by atoms with van der Waals surface area (Å²) in [5.41, 5.74) is 17.7. The number of rotatable bonds is 4. The van der Waals surface area contributed by atoms with Crippen LogP contribution < -0.4 is 9.97 Å². The standard InChI is InChI=1S/2C23H18N3.Zn/c2*1-15-14-16(2)25-22(15)18-10-6-11-19-21(18)23-20(12-7-13-24-23)26(19)17-8-4-3-5-9-17;/h2*3-14H,1-2H3;/q2*-1;+2. The molecule has 0 fully saturated rings. The van der Waals surface area contributed by atoms with Crippen LogP contribution in [0.4, 0.5) is 0 Å². The second-order valence-electron chi connectivity index (χ2n) is 13.3. The predicted molar refractivity (Wildman–Crippen MR) is 214 cm³/mol. The molecular weight excluding hydrogens is 702 g/mol. The van der Waals surface area contributed by atoms with Gasteiger partial charge >= 0.3 is 19.5 Å². The van der Waals surface area contributed by atoms with Gasteiger partial charge in [-0.25, -0.2) is 0 Å². The molecule has 0 aliphatic carbocycles. The van der Waals surface area contributed by atoms with Crippen molar-refractivity contribution in [1.29, 1.82) is 0 Å². The van der Waals surface area contributed by atoms with Gasteiger partial charge in [0.2, 0.25) is 0 Å². The van der Waals surface area contributed by atoms with E-state index < -0.39 is 0 Å². The molecule has 10 rings (SSSR count). The fraction of sp³-hybridized carbons (Fsp3) is 0.0870.